The summed E-state index contributed by atoms with van der Waals surface area (Å²) in [5, 5.41) is 0.872. The maximum atomic E-state index is 12.8. The number of halogens is 1. The van der Waals surface area contributed by atoms with Gasteiger partial charge in [0.1, 0.15) is 0 Å². The van der Waals surface area contributed by atoms with Crippen LogP contribution in [0.4, 0.5) is 0 Å². The topological polar surface area (TPSA) is 20.3 Å². The third-order valence-corrected chi connectivity index (χ3v) is 5.13. The number of aryl methyl sites for hydroxylation is 1. The van der Waals surface area contributed by atoms with Gasteiger partial charge in [0.2, 0.25) is 5.91 Å². The van der Waals surface area contributed by atoms with Crippen LogP contribution in [0.2, 0.25) is 0 Å². The van der Waals surface area contributed by atoms with Crippen LogP contribution < -0.4 is 0 Å². The fraction of sp³-hybridized carbons (Fsp3) is 0.588. The Kier molecular flexibility index (Phi) is 4.16. The van der Waals surface area contributed by atoms with Crippen molar-refractivity contribution in [3.05, 3.63) is 35.4 Å². The summed E-state index contributed by atoms with van der Waals surface area (Å²) in [5.41, 5.74) is 2.91. The van der Waals surface area contributed by atoms with E-state index >= 15 is 0 Å². The van der Waals surface area contributed by atoms with Crippen molar-refractivity contribution in [2.45, 2.75) is 32.1 Å². The molecule has 0 aromatic heterocycles. The molecule has 1 aromatic carbocycles. The highest BCUT2D eigenvalue weighted by Gasteiger charge is 2.57. The molecular weight excluding hydrogens is 314 g/mol. The van der Waals surface area contributed by atoms with E-state index in [1.54, 1.807) is 0 Å². The third-order valence-electron chi connectivity index (χ3n) is 4.77. The van der Waals surface area contributed by atoms with Gasteiger partial charge >= 0.3 is 0 Å². The zero-order valence-electron chi connectivity index (χ0n) is 12.0. The molecule has 3 atom stereocenters. The molecule has 3 rings (SSSR count). The first kappa shape index (κ1) is 14.1. The molecule has 1 amide bonds. The lowest BCUT2D eigenvalue weighted by Crippen LogP contribution is -2.35. The summed E-state index contributed by atoms with van der Waals surface area (Å²) in [4.78, 5) is 14.8. The quantitative estimate of drug-likeness (QED) is 0.753. The van der Waals surface area contributed by atoms with Crippen molar-refractivity contribution >= 4 is 21.8 Å². The predicted molar refractivity (Wildman–Crippen MR) is 85.1 cm³/mol. The summed E-state index contributed by atoms with van der Waals surface area (Å²) in [6.45, 7) is 3.87. The molecule has 0 bridgehead atoms. The number of amides is 1. The Morgan fingerprint density at radius 3 is 2.90 bits per heavy atom. The Hall–Kier alpha value is -0.830. The van der Waals surface area contributed by atoms with Gasteiger partial charge in [-0.3, -0.25) is 4.79 Å². The van der Waals surface area contributed by atoms with Gasteiger partial charge in [-0.2, -0.15) is 0 Å². The summed E-state index contributed by atoms with van der Waals surface area (Å²) in [6, 6.07) is 8.69. The van der Waals surface area contributed by atoms with E-state index in [9.17, 15) is 4.79 Å². The van der Waals surface area contributed by atoms with E-state index in [4.69, 9.17) is 0 Å². The highest BCUT2D eigenvalue weighted by molar-refractivity contribution is 9.09. The van der Waals surface area contributed by atoms with Gasteiger partial charge in [-0.15, -0.1) is 0 Å². The summed E-state index contributed by atoms with van der Waals surface area (Å²) in [6.07, 6.45) is 3.37. The van der Waals surface area contributed by atoms with Gasteiger partial charge in [0, 0.05) is 24.3 Å². The second kappa shape index (κ2) is 5.88. The van der Waals surface area contributed by atoms with Crippen molar-refractivity contribution in [2.75, 3.05) is 18.4 Å². The molecule has 0 saturated heterocycles. The number of rotatable bonds is 5. The smallest absolute Gasteiger partial charge is 0.226 e. The molecule has 20 heavy (non-hydrogen) atoms. The first-order valence-electron chi connectivity index (χ1n) is 7.70. The fourth-order valence-electron chi connectivity index (χ4n) is 3.82. The normalized spacial score (nSPS) is 26.6. The minimum atomic E-state index is 0.254. The molecule has 3 heteroatoms. The Balaban J connectivity index is 1.76. The van der Waals surface area contributed by atoms with Crippen molar-refractivity contribution in [3.8, 4) is 0 Å². The van der Waals surface area contributed by atoms with Crippen LogP contribution in [0, 0.1) is 11.8 Å². The zero-order valence-corrected chi connectivity index (χ0v) is 13.6. The minimum absolute atomic E-state index is 0.254. The molecule has 0 spiro atoms. The molecule has 0 N–H and O–H groups in total. The molecule has 0 heterocycles. The number of carbonyl (C=O) groups is 1. The second-order valence-corrected chi connectivity index (χ2v) is 6.76. The predicted octanol–water partition coefficient (Wildman–Crippen LogP) is 3.60. The number of hydrogen-bond acceptors (Lipinski definition) is 1. The average molecular weight is 336 g/mol. The lowest BCUT2D eigenvalue weighted by Gasteiger charge is -2.21. The van der Waals surface area contributed by atoms with Gasteiger partial charge in [-0.05, 0) is 42.2 Å². The molecule has 2 aliphatic carbocycles. The highest BCUT2D eigenvalue weighted by atomic mass is 79.9. The van der Waals surface area contributed by atoms with Crippen molar-refractivity contribution in [2.24, 2.45) is 11.8 Å². The first-order valence-corrected chi connectivity index (χ1v) is 8.82. The average Bonchev–Trinajstić information content (AvgIpc) is 3.21. The number of benzene rings is 1. The summed E-state index contributed by atoms with van der Waals surface area (Å²) in [5.74, 6) is 1.75. The van der Waals surface area contributed by atoms with Gasteiger partial charge in [-0.25, -0.2) is 0 Å². The van der Waals surface area contributed by atoms with Crippen molar-refractivity contribution in [1.29, 1.82) is 0 Å². The second-order valence-electron chi connectivity index (χ2n) is 5.97. The summed E-state index contributed by atoms with van der Waals surface area (Å²) < 4.78 is 0. The molecule has 108 valence electrons. The number of alkyl halides is 1. The molecule has 1 fully saturated rings. The van der Waals surface area contributed by atoms with Crippen molar-refractivity contribution in [3.63, 3.8) is 0 Å². The highest BCUT2D eigenvalue weighted by Crippen LogP contribution is 2.60. The SMILES string of the molecule is CCCN(CCBr)C(=O)C1C2CCc3ccccc3C21. The molecule has 2 nitrogen and oxygen atoms in total. The van der Waals surface area contributed by atoms with Gasteiger partial charge in [0.15, 0.2) is 0 Å². The molecule has 3 unspecified atom stereocenters. The third kappa shape index (κ3) is 2.41. The molecular formula is C17H22BrNO. The van der Waals surface area contributed by atoms with Gasteiger partial charge in [-0.1, -0.05) is 47.1 Å². The van der Waals surface area contributed by atoms with E-state index in [1.807, 2.05) is 0 Å². The van der Waals surface area contributed by atoms with Crippen LogP contribution in [0.5, 0.6) is 0 Å². The monoisotopic (exact) mass is 335 g/mol. The number of hydrogen-bond donors (Lipinski definition) is 0. The lowest BCUT2D eigenvalue weighted by molar-refractivity contribution is -0.132. The van der Waals surface area contributed by atoms with Gasteiger partial charge in [0.05, 0.1) is 0 Å². The Labute approximate surface area is 129 Å². The van der Waals surface area contributed by atoms with Crippen LogP contribution in [-0.4, -0.2) is 29.2 Å². The summed E-state index contributed by atoms with van der Waals surface area (Å²) >= 11 is 3.47. The van der Waals surface area contributed by atoms with Crippen LogP contribution >= 0.6 is 15.9 Å². The minimum Gasteiger partial charge on any atom is -0.342 e. The Bertz CT molecular complexity index is 496. The van der Waals surface area contributed by atoms with Crippen LogP contribution in [0.3, 0.4) is 0 Å². The van der Waals surface area contributed by atoms with E-state index in [-0.39, 0.29) is 5.92 Å². The zero-order chi connectivity index (χ0) is 14.1. The number of nitrogens with zero attached hydrogens (tertiary/aromatic N) is 1. The number of fused-ring (bicyclic) bond motifs is 3. The Morgan fingerprint density at radius 2 is 2.15 bits per heavy atom. The van der Waals surface area contributed by atoms with E-state index in [2.05, 4.69) is 52.0 Å². The van der Waals surface area contributed by atoms with E-state index in [0.717, 1.165) is 31.3 Å². The summed E-state index contributed by atoms with van der Waals surface area (Å²) in [7, 11) is 0. The maximum absolute atomic E-state index is 12.8. The number of carbonyl (C=O) groups excluding carboxylic acids is 1. The first-order chi connectivity index (χ1) is 9.77. The van der Waals surface area contributed by atoms with Crippen LogP contribution in [0.1, 0.15) is 36.8 Å². The molecule has 2 aliphatic rings. The van der Waals surface area contributed by atoms with E-state index < -0.39 is 0 Å². The lowest BCUT2D eigenvalue weighted by atomic mass is 9.92. The largest absolute Gasteiger partial charge is 0.342 e. The van der Waals surface area contributed by atoms with Crippen LogP contribution in [0.15, 0.2) is 24.3 Å². The maximum Gasteiger partial charge on any atom is 0.226 e. The van der Waals surface area contributed by atoms with Gasteiger partial charge < -0.3 is 4.90 Å². The van der Waals surface area contributed by atoms with Crippen LogP contribution in [0.25, 0.3) is 0 Å². The van der Waals surface area contributed by atoms with Crippen molar-refractivity contribution < 1.29 is 4.79 Å². The molecule has 0 aliphatic heterocycles. The molecule has 1 aromatic rings. The van der Waals surface area contributed by atoms with Crippen molar-refractivity contribution in [1.82, 2.24) is 4.90 Å². The standard InChI is InChI=1S/C17H22BrNO/c1-2-10-19(11-9-18)17(20)16-14-8-7-12-5-3-4-6-13(12)15(14)16/h3-6,14-16H,2,7-11H2,1H3. The van der Waals surface area contributed by atoms with Gasteiger partial charge in [0.25, 0.3) is 0 Å². The van der Waals surface area contributed by atoms with Crippen LogP contribution in [-0.2, 0) is 11.2 Å². The molecule has 0 radical (unpaired) electrons. The fourth-order valence-corrected chi connectivity index (χ4v) is 4.25. The van der Waals surface area contributed by atoms with E-state index in [1.165, 1.54) is 17.5 Å². The Morgan fingerprint density at radius 1 is 1.35 bits per heavy atom. The van der Waals surface area contributed by atoms with E-state index in [0.29, 0.717) is 17.7 Å². The molecule has 1 saturated carbocycles.